The Hall–Kier alpha value is -4.10. The number of methoxy groups -OCH3 is 1. The highest BCUT2D eigenvalue weighted by Crippen LogP contribution is 2.40. The maximum atomic E-state index is 13.2. The number of aliphatic hydroxyl groups is 1. The summed E-state index contributed by atoms with van der Waals surface area (Å²) in [4.78, 5) is 27.6. The normalized spacial score (nSPS) is 16.7. The van der Waals surface area contributed by atoms with Crippen molar-refractivity contribution in [1.29, 1.82) is 0 Å². The molecule has 1 fully saturated rings. The zero-order valence-electron chi connectivity index (χ0n) is 21.1. The summed E-state index contributed by atoms with van der Waals surface area (Å²) in [5.41, 5.74) is 2.17. The van der Waals surface area contributed by atoms with Crippen LogP contribution in [0.4, 0.5) is 0 Å². The number of amides is 1. The molecule has 1 aliphatic rings. The number of nitrogens with zero attached hydrogens (tertiary/aromatic N) is 1. The number of carbonyl (C=O) groups excluding carboxylic acids is 2. The van der Waals surface area contributed by atoms with Crippen LogP contribution in [0.3, 0.4) is 0 Å². The number of ketones is 1. The van der Waals surface area contributed by atoms with E-state index in [0.717, 1.165) is 12.0 Å². The van der Waals surface area contributed by atoms with Crippen molar-refractivity contribution in [2.45, 2.75) is 26.0 Å². The molecular weight excluding hydrogens is 470 g/mol. The van der Waals surface area contributed by atoms with Crippen molar-refractivity contribution in [1.82, 2.24) is 4.90 Å². The summed E-state index contributed by atoms with van der Waals surface area (Å²) in [5, 5.41) is 11.3. The molecule has 1 amide bonds. The summed E-state index contributed by atoms with van der Waals surface area (Å²) in [7, 11) is 1.53. The van der Waals surface area contributed by atoms with Gasteiger partial charge in [-0.05, 0) is 41.8 Å². The fraction of sp³-hybridized carbons (Fsp3) is 0.267. The first-order valence-corrected chi connectivity index (χ1v) is 12.3. The summed E-state index contributed by atoms with van der Waals surface area (Å²) in [6.45, 7) is 3.41. The van der Waals surface area contributed by atoms with Gasteiger partial charge in [-0.3, -0.25) is 9.59 Å². The van der Waals surface area contributed by atoms with E-state index < -0.39 is 17.7 Å². The second kappa shape index (κ2) is 12.2. The second-order valence-electron chi connectivity index (χ2n) is 8.70. The average Bonchev–Trinajstić information content (AvgIpc) is 3.19. The van der Waals surface area contributed by atoms with Gasteiger partial charge < -0.3 is 24.2 Å². The number of carbonyl (C=O) groups is 2. The first-order valence-electron chi connectivity index (χ1n) is 12.3. The first kappa shape index (κ1) is 26.0. The quantitative estimate of drug-likeness (QED) is 0.223. The summed E-state index contributed by atoms with van der Waals surface area (Å²) in [6.07, 6.45) is 0.839. The minimum Gasteiger partial charge on any atom is -0.507 e. The van der Waals surface area contributed by atoms with Crippen LogP contribution in [-0.4, -0.2) is 48.6 Å². The summed E-state index contributed by atoms with van der Waals surface area (Å²) in [6, 6.07) is 23.2. The molecule has 1 saturated heterocycles. The molecule has 1 N–H and O–H groups in total. The van der Waals surface area contributed by atoms with Gasteiger partial charge in [-0.15, -0.1) is 0 Å². The molecule has 1 atom stereocenters. The Morgan fingerprint density at radius 2 is 1.65 bits per heavy atom. The molecule has 1 unspecified atom stereocenters. The third-order valence-corrected chi connectivity index (χ3v) is 6.10. The number of likely N-dealkylation sites (tertiary alicyclic amines) is 1. The number of aliphatic hydroxyl groups excluding tert-OH is 1. The highest BCUT2D eigenvalue weighted by atomic mass is 16.5. The van der Waals surface area contributed by atoms with Gasteiger partial charge in [0.2, 0.25) is 0 Å². The lowest BCUT2D eigenvalue weighted by atomic mass is 9.95. The number of benzene rings is 3. The molecule has 0 bridgehead atoms. The number of hydrogen-bond acceptors (Lipinski definition) is 6. The molecule has 7 heteroatoms. The summed E-state index contributed by atoms with van der Waals surface area (Å²) in [5.74, 6) is -0.415. The molecule has 0 saturated carbocycles. The topological polar surface area (TPSA) is 85.3 Å². The van der Waals surface area contributed by atoms with E-state index in [1.54, 1.807) is 36.4 Å². The van der Waals surface area contributed by atoms with Crippen molar-refractivity contribution in [2.24, 2.45) is 0 Å². The molecule has 0 aromatic heterocycles. The Morgan fingerprint density at radius 3 is 2.35 bits per heavy atom. The molecule has 1 aliphatic heterocycles. The standard InChI is InChI=1S/C30H31NO6/c1-3-17-36-25-11-7-10-23(19-25)28(32)26-27(31(16-18-35-2)30(34)29(26)33)22-12-14-24(15-13-22)37-20-21-8-5-4-6-9-21/h4-15,19,27,32H,3,16-18,20H2,1-2H3/b28-26+. The van der Waals surface area contributed by atoms with Gasteiger partial charge in [-0.25, -0.2) is 0 Å². The Kier molecular flexibility index (Phi) is 8.59. The van der Waals surface area contributed by atoms with E-state index in [1.165, 1.54) is 12.0 Å². The summed E-state index contributed by atoms with van der Waals surface area (Å²) < 4.78 is 16.8. The lowest BCUT2D eigenvalue weighted by Crippen LogP contribution is -2.32. The van der Waals surface area contributed by atoms with Crippen LogP contribution in [0, 0.1) is 0 Å². The predicted octanol–water partition coefficient (Wildman–Crippen LogP) is 5.12. The highest BCUT2D eigenvalue weighted by molar-refractivity contribution is 6.46. The third-order valence-electron chi connectivity index (χ3n) is 6.10. The van der Waals surface area contributed by atoms with Gasteiger partial charge in [-0.1, -0.05) is 61.5 Å². The lowest BCUT2D eigenvalue weighted by Gasteiger charge is -2.25. The van der Waals surface area contributed by atoms with E-state index in [4.69, 9.17) is 14.2 Å². The van der Waals surface area contributed by atoms with E-state index in [2.05, 4.69) is 0 Å². The van der Waals surface area contributed by atoms with E-state index in [0.29, 0.717) is 35.8 Å². The van der Waals surface area contributed by atoms with Crippen LogP contribution < -0.4 is 9.47 Å². The summed E-state index contributed by atoms with van der Waals surface area (Å²) >= 11 is 0. The Bertz CT molecular complexity index is 1250. The molecule has 0 aliphatic carbocycles. The monoisotopic (exact) mass is 501 g/mol. The van der Waals surface area contributed by atoms with E-state index in [-0.39, 0.29) is 24.5 Å². The first-order chi connectivity index (χ1) is 18.0. The number of rotatable bonds is 11. The van der Waals surface area contributed by atoms with Gasteiger partial charge in [0.1, 0.15) is 23.9 Å². The highest BCUT2D eigenvalue weighted by Gasteiger charge is 2.45. The van der Waals surface area contributed by atoms with Crippen LogP contribution in [0.25, 0.3) is 5.76 Å². The van der Waals surface area contributed by atoms with E-state index >= 15 is 0 Å². The van der Waals surface area contributed by atoms with Gasteiger partial charge in [0.05, 0.1) is 24.8 Å². The minimum atomic E-state index is -0.765. The molecule has 3 aromatic carbocycles. The van der Waals surface area contributed by atoms with Gasteiger partial charge in [0.25, 0.3) is 11.7 Å². The number of Topliss-reactive ketones (excluding diaryl/α,β-unsaturated/α-hetero) is 1. The Labute approximate surface area is 216 Å². The molecule has 3 aromatic rings. The average molecular weight is 502 g/mol. The van der Waals surface area contributed by atoms with Crippen molar-refractivity contribution in [3.63, 3.8) is 0 Å². The molecule has 1 heterocycles. The van der Waals surface area contributed by atoms with Crippen molar-refractivity contribution in [3.8, 4) is 11.5 Å². The van der Waals surface area contributed by atoms with Crippen LogP contribution in [0.1, 0.15) is 36.1 Å². The van der Waals surface area contributed by atoms with Crippen molar-refractivity contribution < 1.29 is 28.9 Å². The largest absolute Gasteiger partial charge is 0.507 e. The molecule has 0 radical (unpaired) electrons. The zero-order valence-corrected chi connectivity index (χ0v) is 21.1. The van der Waals surface area contributed by atoms with Crippen LogP contribution in [0.5, 0.6) is 11.5 Å². The molecule has 0 spiro atoms. The van der Waals surface area contributed by atoms with Gasteiger partial charge in [0.15, 0.2) is 0 Å². The molecule has 4 rings (SSSR count). The van der Waals surface area contributed by atoms with E-state index in [9.17, 15) is 14.7 Å². The maximum absolute atomic E-state index is 13.2. The lowest BCUT2D eigenvalue weighted by molar-refractivity contribution is -0.140. The fourth-order valence-corrected chi connectivity index (χ4v) is 4.24. The van der Waals surface area contributed by atoms with Gasteiger partial charge in [0, 0.05) is 19.2 Å². The van der Waals surface area contributed by atoms with Gasteiger partial charge >= 0.3 is 0 Å². The Morgan fingerprint density at radius 1 is 0.892 bits per heavy atom. The van der Waals surface area contributed by atoms with Crippen LogP contribution >= 0.6 is 0 Å². The zero-order chi connectivity index (χ0) is 26.2. The van der Waals surface area contributed by atoms with Gasteiger partial charge in [-0.2, -0.15) is 0 Å². The maximum Gasteiger partial charge on any atom is 0.295 e. The predicted molar refractivity (Wildman–Crippen MR) is 140 cm³/mol. The minimum absolute atomic E-state index is 0.0340. The number of hydrogen-bond donors (Lipinski definition) is 1. The smallest absolute Gasteiger partial charge is 0.295 e. The van der Waals surface area contributed by atoms with Crippen LogP contribution in [-0.2, 0) is 20.9 Å². The third kappa shape index (κ3) is 6.01. The Balaban J connectivity index is 1.67. The number of ether oxygens (including phenoxy) is 3. The fourth-order valence-electron chi connectivity index (χ4n) is 4.24. The van der Waals surface area contributed by atoms with Crippen LogP contribution in [0.2, 0.25) is 0 Å². The SMILES string of the molecule is CCCOc1cccc(/C(O)=C2\C(=O)C(=O)N(CCOC)C2c2ccc(OCc3ccccc3)cc2)c1. The molecule has 192 valence electrons. The van der Waals surface area contributed by atoms with Crippen LogP contribution in [0.15, 0.2) is 84.4 Å². The van der Waals surface area contributed by atoms with Crippen molar-refractivity contribution in [2.75, 3.05) is 26.9 Å². The molecule has 7 nitrogen and oxygen atoms in total. The molecule has 37 heavy (non-hydrogen) atoms. The second-order valence-corrected chi connectivity index (χ2v) is 8.70. The molecular formula is C30H31NO6. The van der Waals surface area contributed by atoms with Crippen molar-refractivity contribution >= 4 is 17.4 Å². The van der Waals surface area contributed by atoms with E-state index in [1.807, 2.05) is 49.4 Å². The van der Waals surface area contributed by atoms with Crippen molar-refractivity contribution in [3.05, 3.63) is 101 Å².